The number of rotatable bonds is 8. The summed E-state index contributed by atoms with van der Waals surface area (Å²) < 4.78 is 8.37. The summed E-state index contributed by atoms with van der Waals surface area (Å²) in [5.41, 5.74) is 0.0217. The Balaban J connectivity index is 1.62. The number of hydrogen-bond acceptors (Lipinski definition) is 6. The van der Waals surface area contributed by atoms with Crippen LogP contribution in [0.25, 0.3) is 11.2 Å². The maximum atomic E-state index is 13.0. The molecule has 180 valence electrons. The highest BCUT2D eigenvalue weighted by Crippen LogP contribution is 2.19. The zero-order chi connectivity index (χ0) is 25.1. The molecule has 4 aromatic rings. The second-order valence-corrected chi connectivity index (χ2v) is 8.42. The third-order valence-corrected chi connectivity index (χ3v) is 5.92. The first kappa shape index (κ1) is 24.2. The Morgan fingerprint density at radius 1 is 1.06 bits per heavy atom. The molecule has 4 rings (SSSR count). The molecule has 0 bridgehead atoms. The van der Waals surface area contributed by atoms with Crippen molar-refractivity contribution >= 4 is 34.5 Å². The number of unbranched alkanes of at least 4 members (excludes halogenated alkanes) is 1. The van der Waals surface area contributed by atoms with Crippen LogP contribution in [0.4, 0.5) is 0 Å². The van der Waals surface area contributed by atoms with E-state index in [1.165, 1.54) is 15.2 Å². The summed E-state index contributed by atoms with van der Waals surface area (Å²) >= 11 is 5.90. The third kappa shape index (κ3) is 4.81. The topological polar surface area (TPSA) is 116 Å². The van der Waals surface area contributed by atoms with Crippen LogP contribution in [0, 0.1) is 0 Å². The molecular formula is C25H23ClN4O5. The minimum atomic E-state index is -0.716. The molecule has 0 saturated carbocycles. The number of fused-ring (bicyclic) bond motifs is 1. The second kappa shape index (κ2) is 10.1. The Bertz CT molecular complexity index is 1530. The quantitative estimate of drug-likeness (QED) is 0.296. The molecular weight excluding hydrogens is 472 g/mol. The van der Waals surface area contributed by atoms with Gasteiger partial charge in [-0.3, -0.25) is 19.1 Å². The van der Waals surface area contributed by atoms with E-state index in [9.17, 15) is 19.2 Å². The van der Waals surface area contributed by atoms with E-state index in [1.807, 2.05) is 6.92 Å². The van der Waals surface area contributed by atoms with E-state index in [4.69, 9.17) is 16.3 Å². The maximum Gasteiger partial charge on any atom is 0.339 e. The molecule has 10 heteroatoms. The number of ether oxygens (including phenoxy) is 1. The molecule has 2 heterocycles. The highest BCUT2D eigenvalue weighted by Gasteiger charge is 2.21. The fourth-order valence-electron chi connectivity index (χ4n) is 3.77. The van der Waals surface area contributed by atoms with E-state index in [-0.39, 0.29) is 40.5 Å². The van der Waals surface area contributed by atoms with E-state index >= 15 is 0 Å². The number of aromatic amines is 1. The smallest absolute Gasteiger partial charge is 0.339 e. The predicted octanol–water partition coefficient (Wildman–Crippen LogP) is 3.46. The number of nitrogens with one attached hydrogen (secondary N) is 1. The van der Waals surface area contributed by atoms with E-state index in [0.29, 0.717) is 17.1 Å². The molecule has 35 heavy (non-hydrogen) atoms. The highest BCUT2D eigenvalue weighted by atomic mass is 35.5. The van der Waals surface area contributed by atoms with Crippen LogP contribution in [0.15, 0.2) is 58.1 Å². The lowest BCUT2D eigenvalue weighted by atomic mass is 9.98. The molecule has 0 aliphatic carbocycles. The number of hydrogen-bond donors (Lipinski definition) is 1. The van der Waals surface area contributed by atoms with Gasteiger partial charge in [-0.25, -0.2) is 14.6 Å². The van der Waals surface area contributed by atoms with Crippen molar-refractivity contribution in [3.8, 4) is 0 Å². The van der Waals surface area contributed by atoms with Gasteiger partial charge in [0.05, 0.1) is 5.56 Å². The third-order valence-electron chi connectivity index (χ3n) is 5.67. The van der Waals surface area contributed by atoms with Crippen molar-refractivity contribution in [1.29, 1.82) is 0 Å². The Morgan fingerprint density at radius 3 is 2.43 bits per heavy atom. The number of carbonyl (C=O) groups is 2. The van der Waals surface area contributed by atoms with Gasteiger partial charge in [-0.1, -0.05) is 43.1 Å². The normalized spacial score (nSPS) is 11.1. The van der Waals surface area contributed by atoms with Crippen LogP contribution < -0.4 is 11.2 Å². The van der Waals surface area contributed by atoms with Crippen molar-refractivity contribution in [2.24, 2.45) is 7.05 Å². The minimum Gasteiger partial charge on any atom is -0.454 e. The first-order chi connectivity index (χ1) is 16.8. The number of aromatic nitrogens is 4. The lowest BCUT2D eigenvalue weighted by Crippen LogP contribution is -2.31. The van der Waals surface area contributed by atoms with Crippen LogP contribution in [0.3, 0.4) is 0 Å². The number of halogens is 1. The summed E-state index contributed by atoms with van der Waals surface area (Å²) in [4.78, 5) is 57.4. The zero-order valence-corrected chi connectivity index (χ0v) is 20.0. The molecule has 0 spiro atoms. The van der Waals surface area contributed by atoms with Crippen LogP contribution in [0.2, 0.25) is 5.02 Å². The fourth-order valence-corrected chi connectivity index (χ4v) is 3.89. The number of ketones is 1. The van der Waals surface area contributed by atoms with Gasteiger partial charge in [-0.05, 0) is 36.8 Å². The van der Waals surface area contributed by atoms with Crippen molar-refractivity contribution < 1.29 is 14.3 Å². The molecule has 0 atom stereocenters. The Labute approximate surface area is 204 Å². The van der Waals surface area contributed by atoms with Gasteiger partial charge < -0.3 is 9.30 Å². The van der Waals surface area contributed by atoms with E-state index < -0.39 is 17.2 Å². The van der Waals surface area contributed by atoms with Crippen LogP contribution >= 0.6 is 11.6 Å². The number of nitrogens with zero attached hydrogens (tertiary/aromatic N) is 3. The van der Waals surface area contributed by atoms with Gasteiger partial charge >= 0.3 is 11.7 Å². The van der Waals surface area contributed by atoms with Gasteiger partial charge in [0, 0.05) is 29.7 Å². The summed E-state index contributed by atoms with van der Waals surface area (Å²) in [6.07, 6.45) is 1.60. The molecule has 0 radical (unpaired) electrons. The predicted molar refractivity (Wildman–Crippen MR) is 131 cm³/mol. The lowest BCUT2D eigenvalue weighted by molar-refractivity contribution is 0.0457. The largest absolute Gasteiger partial charge is 0.454 e. The molecule has 0 aliphatic rings. The molecule has 0 fully saturated rings. The number of H-pyrrole nitrogens is 1. The Kier molecular flexibility index (Phi) is 6.97. The molecule has 0 saturated heterocycles. The lowest BCUT2D eigenvalue weighted by Gasteiger charge is -2.09. The maximum absolute atomic E-state index is 13.0. The van der Waals surface area contributed by atoms with Crippen LogP contribution in [-0.2, 0) is 24.9 Å². The van der Waals surface area contributed by atoms with Gasteiger partial charge in [0.2, 0.25) is 0 Å². The van der Waals surface area contributed by atoms with Crippen LogP contribution in [0.1, 0.15) is 51.9 Å². The van der Waals surface area contributed by atoms with Crippen LogP contribution in [-0.4, -0.2) is 30.9 Å². The molecule has 0 unspecified atom stereocenters. The number of imidazole rings is 1. The van der Waals surface area contributed by atoms with Crippen molar-refractivity contribution in [3.63, 3.8) is 0 Å². The fraction of sp³-hybridized carbons (Fsp3) is 0.240. The standard InChI is InChI=1S/C25H23ClN4O5/c1-3-4-13-30-22-20(23(32)28-25(30)34)29(2)19(27-22)14-35-24(33)18-8-6-5-7-17(18)21(31)15-9-11-16(26)12-10-15/h5-12H,3-4,13-14H2,1-2H3,(H,28,32,34). The SMILES string of the molecule is CCCCn1c(=O)[nH]c(=O)c2c1nc(COC(=O)c1ccccc1C(=O)c1ccc(Cl)cc1)n2C. The summed E-state index contributed by atoms with van der Waals surface area (Å²) in [6.45, 7) is 2.14. The number of benzene rings is 2. The average molecular weight is 495 g/mol. The second-order valence-electron chi connectivity index (χ2n) is 7.98. The number of aryl methyl sites for hydroxylation is 2. The summed E-state index contributed by atoms with van der Waals surface area (Å²) in [5, 5.41) is 0.496. The van der Waals surface area contributed by atoms with Crippen molar-refractivity contribution in [1.82, 2.24) is 19.1 Å². The molecule has 2 aromatic heterocycles. The minimum absolute atomic E-state index is 0.101. The number of esters is 1. The van der Waals surface area contributed by atoms with E-state index in [1.54, 1.807) is 49.5 Å². The zero-order valence-electron chi connectivity index (χ0n) is 19.2. The molecule has 9 nitrogen and oxygen atoms in total. The van der Waals surface area contributed by atoms with Gasteiger partial charge in [0.1, 0.15) is 12.4 Å². The first-order valence-electron chi connectivity index (χ1n) is 11.1. The summed E-state index contributed by atoms with van der Waals surface area (Å²) in [5.74, 6) is -0.771. The molecule has 1 N–H and O–H groups in total. The van der Waals surface area contributed by atoms with Gasteiger partial charge in [0.15, 0.2) is 16.9 Å². The summed E-state index contributed by atoms with van der Waals surface area (Å²) in [7, 11) is 1.61. The summed E-state index contributed by atoms with van der Waals surface area (Å²) in [6, 6.07) is 12.7. The van der Waals surface area contributed by atoms with Gasteiger partial charge in [0.25, 0.3) is 5.56 Å². The Morgan fingerprint density at radius 2 is 1.74 bits per heavy atom. The van der Waals surface area contributed by atoms with Crippen molar-refractivity contribution in [3.05, 3.63) is 96.9 Å². The highest BCUT2D eigenvalue weighted by molar-refractivity contribution is 6.30. The van der Waals surface area contributed by atoms with E-state index in [0.717, 1.165) is 12.8 Å². The van der Waals surface area contributed by atoms with Crippen LogP contribution in [0.5, 0.6) is 0 Å². The van der Waals surface area contributed by atoms with Gasteiger partial charge in [-0.15, -0.1) is 0 Å². The van der Waals surface area contributed by atoms with Crippen molar-refractivity contribution in [2.75, 3.05) is 0 Å². The molecule has 0 amide bonds. The average Bonchev–Trinajstić information content (AvgIpc) is 3.18. The van der Waals surface area contributed by atoms with Gasteiger partial charge in [-0.2, -0.15) is 0 Å². The monoisotopic (exact) mass is 494 g/mol. The number of carbonyl (C=O) groups excluding carboxylic acids is 2. The Hall–Kier alpha value is -3.98. The first-order valence-corrected chi connectivity index (χ1v) is 11.4. The van der Waals surface area contributed by atoms with Crippen molar-refractivity contribution in [2.45, 2.75) is 32.9 Å². The van der Waals surface area contributed by atoms with E-state index in [2.05, 4.69) is 9.97 Å². The molecule has 2 aromatic carbocycles. The molecule has 0 aliphatic heterocycles.